The van der Waals surface area contributed by atoms with Gasteiger partial charge in [0, 0.05) is 22.6 Å². The number of rotatable bonds is 4. The monoisotopic (exact) mass is 625 g/mol. The van der Waals surface area contributed by atoms with Gasteiger partial charge in [-0.05, 0) is 56.5 Å². The van der Waals surface area contributed by atoms with Gasteiger partial charge in [0.15, 0.2) is 17.5 Å². The summed E-state index contributed by atoms with van der Waals surface area (Å²) < 4.78 is 0. The highest BCUT2D eigenvalue weighted by Gasteiger charge is 2.51. The Morgan fingerprint density at radius 3 is 1.49 bits per heavy atom. The summed E-state index contributed by atoms with van der Waals surface area (Å²) in [5, 5.41) is 0. The fourth-order valence-corrected chi connectivity index (χ4v) is 8.35. The van der Waals surface area contributed by atoms with E-state index in [9.17, 15) is 0 Å². The molecule has 0 bridgehead atoms. The number of hydrogen-bond donors (Lipinski definition) is 0. The van der Waals surface area contributed by atoms with Crippen molar-refractivity contribution < 1.29 is 0 Å². The van der Waals surface area contributed by atoms with Crippen molar-refractivity contribution in [2.45, 2.75) is 17.8 Å². The van der Waals surface area contributed by atoms with E-state index < -0.39 is 0 Å². The van der Waals surface area contributed by atoms with Crippen molar-refractivity contribution in [3.63, 3.8) is 0 Å². The number of fused-ring (bicyclic) bond motifs is 10. The lowest BCUT2D eigenvalue weighted by Crippen LogP contribution is -2.25. The molecule has 1 atom stereocenters. The largest absolute Gasteiger partial charge is 0.208 e. The van der Waals surface area contributed by atoms with Crippen molar-refractivity contribution in [1.29, 1.82) is 0 Å². The molecule has 0 aliphatic heterocycles. The minimum atomic E-state index is -0.322. The van der Waals surface area contributed by atoms with E-state index >= 15 is 0 Å². The van der Waals surface area contributed by atoms with Crippen LogP contribution < -0.4 is 0 Å². The first-order chi connectivity index (χ1) is 24.3. The molecule has 10 rings (SSSR count). The normalized spacial score (nSPS) is 16.1. The summed E-state index contributed by atoms with van der Waals surface area (Å²) in [6.07, 6.45) is 7.69. The van der Waals surface area contributed by atoms with Crippen LogP contribution in [0.25, 0.3) is 50.6 Å². The second-order valence-electron chi connectivity index (χ2n) is 13.1. The van der Waals surface area contributed by atoms with Crippen LogP contribution in [0, 0.1) is 0 Å². The van der Waals surface area contributed by atoms with Crippen LogP contribution in [-0.4, -0.2) is 15.0 Å². The molecule has 1 aromatic heterocycles. The van der Waals surface area contributed by atoms with E-state index in [2.05, 4.69) is 133 Å². The predicted octanol–water partition coefficient (Wildman–Crippen LogP) is 10.7. The summed E-state index contributed by atoms with van der Waals surface area (Å²) in [4.78, 5) is 14.9. The molecule has 0 radical (unpaired) electrons. The molecule has 1 unspecified atom stereocenters. The van der Waals surface area contributed by atoms with Gasteiger partial charge in [0.05, 0.1) is 5.41 Å². The molecule has 3 aliphatic rings. The van der Waals surface area contributed by atoms with E-state index in [1.165, 1.54) is 50.1 Å². The zero-order valence-electron chi connectivity index (χ0n) is 26.8. The van der Waals surface area contributed by atoms with Crippen LogP contribution in [0.4, 0.5) is 0 Å². The molecule has 3 aliphatic carbocycles. The average molecular weight is 626 g/mol. The first kappa shape index (κ1) is 27.9. The molecule has 230 valence electrons. The molecule has 3 nitrogen and oxygen atoms in total. The molecule has 0 amide bonds. The van der Waals surface area contributed by atoms with Gasteiger partial charge in [-0.2, -0.15) is 0 Å². The van der Waals surface area contributed by atoms with Crippen LogP contribution in [-0.2, 0) is 5.41 Å². The van der Waals surface area contributed by atoms with Crippen molar-refractivity contribution >= 4 is 5.57 Å². The summed E-state index contributed by atoms with van der Waals surface area (Å²) in [6, 6.07) is 54.5. The Labute approximate surface area is 286 Å². The first-order valence-electron chi connectivity index (χ1n) is 17.0. The number of aromatic nitrogens is 3. The zero-order chi connectivity index (χ0) is 32.4. The van der Waals surface area contributed by atoms with E-state index in [0.29, 0.717) is 17.5 Å². The maximum atomic E-state index is 5.02. The van der Waals surface area contributed by atoms with E-state index in [-0.39, 0.29) is 11.3 Å². The van der Waals surface area contributed by atoms with Crippen molar-refractivity contribution in [1.82, 2.24) is 15.0 Å². The molecule has 0 N–H and O–H groups in total. The van der Waals surface area contributed by atoms with Gasteiger partial charge in [-0.1, -0.05) is 170 Å². The van der Waals surface area contributed by atoms with Gasteiger partial charge in [0.25, 0.3) is 0 Å². The Hall–Kier alpha value is -6.19. The minimum Gasteiger partial charge on any atom is -0.208 e. The van der Waals surface area contributed by atoms with E-state index in [4.69, 9.17) is 15.0 Å². The fourth-order valence-electron chi connectivity index (χ4n) is 8.35. The van der Waals surface area contributed by atoms with Crippen molar-refractivity contribution in [2.24, 2.45) is 0 Å². The van der Waals surface area contributed by atoms with Crippen LogP contribution >= 0.6 is 0 Å². The molecule has 7 aromatic rings. The highest BCUT2D eigenvalue weighted by atomic mass is 15.0. The highest BCUT2D eigenvalue weighted by Crippen LogP contribution is 2.62. The van der Waals surface area contributed by atoms with E-state index in [1.54, 1.807) is 0 Å². The lowest BCUT2D eigenvalue weighted by atomic mass is 9.70. The SMILES string of the molecule is C1=CC(c2nc(-c3ccccc3)nc(-c3ccccc3)n2)=CC(c2ccc3c(c2)-c2ccccc2C32c3ccccc3-c3ccccc32)C1. The summed E-state index contributed by atoms with van der Waals surface area (Å²) in [5.74, 6) is 2.24. The third-order valence-corrected chi connectivity index (χ3v) is 10.5. The maximum absolute atomic E-state index is 5.02. The van der Waals surface area contributed by atoms with E-state index in [1.807, 2.05) is 36.4 Å². The zero-order valence-corrected chi connectivity index (χ0v) is 26.8. The molecule has 0 fully saturated rings. The Morgan fingerprint density at radius 1 is 0.449 bits per heavy atom. The van der Waals surface area contributed by atoms with Gasteiger partial charge in [0.2, 0.25) is 0 Å². The van der Waals surface area contributed by atoms with Gasteiger partial charge in [-0.15, -0.1) is 0 Å². The van der Waals surface area contributed by atoms with Crippen LogP contribution in [0.2, 0.25) is 0 Å². The van der Waals surface area contributed by atoms with Gasteiger partial charge in [-0.3, -0.25) is 0 Å². The Morgan fingerprint density at radius 2 is 0.918 bits per heavy atom. The molecule has 49 heavy (non-hydrogen) atoms. The third kappa shape index (κ3) is 4.19. The third-order valence-electron chi connectivity index (χ3n) is 10.5. The lowest BCUT2D eigenvalue weighted by molar-refractivity contribution is 0.790. The Kier molecular flexibility index (Phi) is 6.22. The molecule has 1 spiro atoms. The van der Waals surface area contributed by atoms with Crippen molar-refractivity contribution in [3.05, 3.63) is 204 Å². The molecular weight excluding hydrogens is 595 g/mol. The number of benzene rings is 6. The summed E-state index contributed by atoms with van der Waals surface area (Å²) in [5.41, 5.74) is 14.7. The van der Waals surface area contributed by atoms with Gasteiger partial charge in [0.1, 0.15) is 0 Å². The second kappa shape index (κ2) is 10.9. The molecule has 0 saturated heterocycles. The number of nitrogens with zero attached hydrogens (tertiary/aromatic N) is 3. The molecule has 1 heterocycles. The van der Waals surface area contributed by atoms with Crippen LogP contribution in [0.1, 0.15) is 46.0 Å². The van der Waals surface area contributed by atoms with Crippen LogP contribution in [0.15, 0.2) is 170 Å². The average Bonchev–Trinajstić information content (AvgIpc) is 3.65. The summed E-state index contributed by atoms with van der Waals surface area (Å²) in [7, 11) is 0. The molecule has 0 saturated carbocycles. The molecular formula is C46H31N3. The van der Waals surface area contributed by atoms with Crippen molar-refractivity contribution in [2.75, 3.05) is 0 Å². The highest BCUT2D eigenvalue weighted by molar-refractivity contribution is 5.95. The van der Waals surface area contributed by atoms with Gasteiger partial charge in [-0.25, -0.2) is 15.0 Å². The fraction of sp³-hybridized carbons (Fsp3) is 0.0652. The Bertz CT molecular complexity index is 2370. The first-order valence-corrected chi connectivity index (χ1v) is 17.0. The topological polar surface area (TPSA) is 38.7 Å². The minimum absolute atomic E-state index is 0.189. The predicted molar refractivity (Wildman–Crippen MR) is 198 cm³/mol. The van der Waals surface area contributed by atoms with E-state index in [0.717, 1.165) is 23.1 Å². The maximum Gasteiger partial charge on any atom is 0.164 e. The number of hydrogen-bond acceptors (Lipinski definition) is 3. The van der Waals surface area contributed by atoms with Crippen LogP contribution in [0.5, 0.6) is 0 Å². The second-order valence-corrected chi connectivity index (χ2v) is 13.1. The molecule has 3 heteroatoms. The summed E-state index contributed by atoms with van der Waals surface area (Å²) >= 11 is 0. The van der Waals surface area contributed by atoms with Crippen LogP contribution in [0.3, 0.4) is 0 Å². The standard InChI is InChI=1S/C46H31N3/c1-3-14-30(15-4-1)43-47-44(31-16-5-2-6-17-31)49-45(48-43)34-19-13-18-32(28-34)33-26-27-42-38(29-33)37-22-9-12-25-41(37)46(42)39-23-10-7-20-35(39)36-21-8-11-24-40(36)46/h1-17,19-29,32H,18H2. The Balaban J connectivity index is 1.11. The molecule has 6 aromatic carbocycles. The summed E-state index contributed by atoms with van der Waals surface area (Å²) in [6.45, 7) is 0. The van der Waals surface area contributed by atoms with Gasteiger partial charge >= 0.3 is 0 Å². The number of allylic oxidation sites excluding steroid dienone is 4. The quantitative estimate of drug-likeness (QED) is 0.195. The smallest absolute Gasteiger partial charge is 0.164 e. The van der Waals surface area contributed by atoms with Gasteiger partial charge < -0.3 is 0 Å². The lowest BCUT2D eigenvalue weighted by Gasteiger charge is -2.30. The van der Waals surface area contributed by atoms with Crippen molar-refractivity contribution in [3.8, 4) is 45.0 Å².